The van der Waals surface area contributed by atoms with Gasteiger partial charge in [-0.15, -0.1) is 0 Å². The van der Waals surface area contributed by atoms with Crippen molar-refractivity contribution in [3.63, 3.8) is 0 Å². The summed E-state index contributed by atoms with van der Waals surface area (Å²) in [6.07, 6.45) is 3.28. The molecule has 0 saturated heterocycles. The maximum atomic E-state index is 3.36. The van der Waals surface area contributed by atoms with Gasteiger partial charge < -0.3 is 0 Å². The van der Waals surface area contributed by atoms with Crippen molar-refractivity contribution in [1.82, 2.24) is 0 Å². The molecule has 0 nitrogen and oxygen atoms in total. The fraction of sp³-hybridized carbons (Fsp3) is 0. The van der Waals surface area contributed by atoms with E-state index in [0.29, 0.717) is 0 Å². The maximum absolute atomic E-state index is 3.36. The van der Waals surface area contributed by atoms with Crippen molar-refractivity contribution in [1.29, 1.82) is 0 Å². The molecule has 0 unspecified atom stereocenters. The molecule has 26 valence electrons. The molecule has 0 bridgehead atoms. The van der Waals surface area contributed by atoms with Gasteiger partial charge >= 0.3 is 37.7 Å². The Morgan fingerprint density at radius 1 is 1.00 bits per heavy atom. The van der Waals surface area contributed by atoms with Crippen molar-refractivity contribution in [2.45, 2.75) is 0 Å². The second kappa shape index (κ2) is 8.83. The fourth-order valence-electron chi connectivity index (χ4n) is 0. The van der Waals surface area contributed by atoms with Gasteiger partial charge in [0.25, 0.3) is 0 Å². The monoisotopic (exact) mass is 96.0 g/mol. The molecule has 1 heteroatoms. The van der Waals surface area contributed by atoms with Crippen LogP contribution in [-0.2, 0) is 0 Å². The van der Waals surface area contributed by atoms with Gasteiger partial charge in [-0.3, -0.25) is 0 Å². The summed E-state index contributed by atoms with van der Waals surface area (Å²) in [6, 6.07) is 0. The molecule has 0 aliphatic rings. The van der Waals surface area contributed by atoms with E-state index in [1.165, 1.54) is 0 Å². The Balaban J connectivity index is 0. The third kappa shape index (κ3) is 11.8. The molecule has 0 amide bonds. The molecule has 0 heterocycles. The van der Waals surface area contributed by atoms with Crippen LogP contribution < -0.4 is 0 Å². The zero-order chi connectivity index (χ0) is 3.41. The number of hydrogen-bond acceptors (Lipinski definition) is 0. The van der Waals surface area contributed by atoms with Crippen molar-refractivity contribution in [2.24, 2.45) is 0 Å². The molecule has 0 aromatic carbocycles. The quantitative estimate of drug-likeness (QED) is 0.328. The van der Waals surface area contributed by atoms with Gasteiger partial charge in [-0.1, -0.05) is 25.3 Å². The predicted molar refractivity (Wildman–Crippen MR) is 28.9 cm³/mol. The van der Waals surface area contributed by atoms with Gasteiger partial charge in [0.1, 0.15) is 0 Å². The summed E-state index contributed by atoms with van der Waals surface area (Å²) in [6.45, 7) is 6.72. The van der Waals surface area contributed by atoms with E-state index in [1.54, 1.807) is 12.2 Å². The number of hydrogen-bond donors (Lipinski definition) is 0. The molecular formula is C4H8Ca. The molecule has 0 spiro atoms. The van der Waals surface area contributed by atoms with Gasteiger partial charge in [-0.2, -0.15) is 0 Å². The van der Waals surface area contributed by atoms with Crippen LogP contribution in [0.5, 0.6) is 0 Å². The van der Waals surface area contributed by atoms with E-state index in [2.05, 4.69) is 13.2 Å². The first kappa shape index (κ1) is 9.22. The van der Waals surface area contributed by atoms with E-state index in [1.807, 2.05) is 0 Å². The van der Waals surface area contributed by atoms with Crippen LogP contribution in [0.2, 0.25) is 0 Å². The Kier molecular flexibility index (Phi) is 16.3. The normalized spacial score (nSPS) is 4.00. The van der Waals surface area contributed by atoms with E-state index in [-0.39, 0.29) is 37.7 Å². The number of rotatable bonds is 1. The van der Waals surface area contributed by atoms with Gasteiger partial charge in [0.05, 0.1) is 0 Å². The van der Waals surface area contributed by atoms with Gasteiger partial charge in [0, 0.05) is 0 Å². The minimum atomic E-state index is 0. The van der Waals surface area contributed by atoms with Crippen molar-refractivity contribution >= 4 is 37.7 Å². The van der Waals surface area contributed by atoms with Crippen LogP contribution in [-0.4, -0.2) is 37.7 Å². The zero-order valence-electron chi connectivity index (χ0n) is 2.57. The number of allylic oxidation sites excluding steroid dienone is 2. The van der Waals surface area contributed by atoms with Crippen LogP contribution >= 0.6 is 0 Å². The fourth-order valence-corrected chi connectivity index (χ4v) is 0. The topological polar surface area (TPSA) is 0 Å². The zero-order valence-corrected chi connectivity index (χ0v) is 2.57. The second-order valence-corrected chi connectivity index (χ2v) is 0.471. The van der Waals surface area contributed by atoms with Crippen LogP contribution in [0.1, 0.15) is 0 Å². The minimum absolute atomic E-state index is 0. The molecule has 0 aliphatic heterocycles. The van der Waals surface area contributed by atoms with Crippen molar-refractivity contribution < 1.29 is 0 Å². The third-order valence-electron chi connectivity index (χ3n) is 0.167. The summed E-state index contributed by atoms with van der Waals surface area (Å²) in [5.41, 5.74) is 0. The van der Waals surface area contributed by atoms with Crippen molar-refractivity contribution in [3.8, 4) is 0 Å². The Hall–Kier alpha value is 0.740. The Labute approximate surface area is 62.6 Å². The van der Waals surface area contributed by atoms with Crippen LogP contribution in [0, 0.1) is 0 Å². The predicted octanol–water partition coefficient (Wildman–Crippen LogP) is 0.442. The third-order valence-corrected chi connectivity index (χ3v) is 0.167. The van der Waals surface area contributed by atoms with E-state index >= 15 is 0 Å². The molecule has 0 atom stereocenters. The Morgan fingerprint density at radius 3 is 1.20 bits per heavy atom. The van der Waals surface area contributed by atoms with Crippen LogP contribution in [0.4, 0.5) is 0 Å². The molecule has 0 saturated carbocycles. The molecule has 0 aromatic rings. The standard InChI is InChI=1S/C4H6.Ca.2H/c1-3-4-2;;;/h3-4H,1-2H2;;;. The van der Waals surface area contributed by atoms with Gasteiger partial charge in [-0.25, -0.2) is 0 Å². The average molecular weight is 96.2 g/mol. The molecular weight excluding hydrogens is 88.1 g/mol. The molecule has 0 radical (unpaired) electrons. The SMILES string of the molecule is C=CC=C.[CaH2]. The average Bonchev–Trinajstić information content (AvgIpc) is 1.37. The van der Waals surface area contributed by atoms with Crippen molar-refractivity contribution in [3.05, 3.63) is 25.3 Å². The first-order valence-electron chi connectivity index (χ1n) is 1.15. The van der Waals surface area contributed by atoms with Crippen molar-refractivity contribution in [2.75, 3.05) is 0 Å². The van der Waals surface area contributed by atoms with E-state index in [4.69, 9.17) is 0 Å². The second-order valence-electron chi connectivity index (χ2n) is 0.471. The molecule has 0 N–H and O–H groups in total. The molecule has 0 fully saturated rings. The summed E-state index contributed by atoms with van der Waals surface area (Å²) >= 11 is 0. The van der Waals surface area contributed by atoms with Gasteiger partial charge in [0.15, 0.2) is 0 Å². The van der Waals surface area contributed by atoms with E-state index in [0.717, 1.165) is 0 Å². The summed E-state index contributed by atoms with van der Waals surface area (Å²) in [7, 11) is 0. The van der Waals surface area contributed by atoms with Crippen LogP contribution in [0.25, 0.3) is 0 Å². The van der Waals surface area contributed by atoms with E-state index < -0.39 is 0 Å². The Morgan fingerprint density at radius 2 is 1.20 bits per heavy atom. The molecule has 0 aromatic heterocycles. The summed E-state index contributed by atoms with van der Waals surface area (Å²) in [4.78, 5) is 0. The Bertz CT molecular complexity index is 24.6. The summed E-state index contributed by atoms with van der Waals surface area (Å²) in [5.74, 6) is 0. The van der Waals surface area contributed by atoms with Gasteiger partial charge in [-0.05, 0) is 0 Å². The summed E-state index contributed by atoms with van der Waals surface area (Å²) < 4.78 is 0. The van der Waals surface area contributed by atoms with Crippen LogP contribution in [0.15, 0.2) is 25.3 Å². The van der Waals surface area contributed by atoms with E-state index in [9.17, 15) is 0 Å². The first-order chi connectivity index (χ1) is 1.91. The molecule has 0 rings (SSSR count). The van der Waals surface area contributed by atoms with Gasteiger partial charge in [0.2, 0.25) is 0 Å². The molecule has 0 aliphatic carbocycles. The summed E-state index contributed by atoms with van der Waals surface area (Å²) in [5, 5.41) is 0. The molecule has 5 heavy (non-hydrogen) atoms. The van der Waals surface area contributed by atoms with Crippen LogP contribution in [0.3, 0.4) is 0 Å². The first-order valence-corrected chi connectivity index (χ1v) is 1.15.